The highest BCUT2D eigenvalue weighted by atomic mass is 32.2. The molecule has 1 fully saturated rings. The molecule has 1 aliphatic rings. The van der Waals surface area contributed by atoms with Crippen LogP contribution in [0.4, 0.5) is 4.79 Å². The van der Waals surface area contributed by atoms with Crippen molar-refractivity contribution in [2.45, 2.75) is 25.1 Å². The number of carbonyl (C=O) groups is 2. The maximum absolute atomic E-state index is 11.3. The van der Waals surface area contributed by atoms with Crippen LogP contribution in [-0.2, 0) is 15.6 Å². The topological polar surface area (TPSA) is 75.3 Å². The van der Waals surface area contributed by atoms with Gasteiger partial charge in [-0.15, -0.1) is 0 Å². The zero-order valence-electron chi connectivity index (χ0n) is 7.49. The molecule has 5 nitrogen and oxygen atoms in total. The van der Waals surface area contributed by atoms with Crippen molar-refractivity contribution >= 4 is 22.7 Å². The highest BCUT2D eigenvalue weighted by molar-refractivity contribution is 7.85. The predicted molar refractivity (Wildman–Crippen MR) is 48.6 cm³/mol. The molecule has 0 radical (unpaired) electrons. The van der Waals surface area contributed by atoms with Gasteiger partial charge in [-0.2, -0.15) is 0 Å². The van der Waals surface area contributed by atoms with E-state index in [2.05, 4.69) is 10.6 Å². The zero-order valence-corrected chi connectivity index (χ0v) is 8.31. The van der Waals surface area contributed by atoms with Crippen molar-refractivity contribution in [2.75, 3.05) is 5.75 Å². The Balaban J connectivity index is 2.51. The summed E-state index contributed by atoms with van der Waals surface area (Å²) >= 11 is 0. The molecule has 74 valence electrons. The maximum Gasteiger partial charge on any atom is 0.322 e. The molecule has 2 atom stereocenters. The molecular weight excluding hydrogens is 192 g/mol. The number of nitrogens with one attached hydrogen (secondary N) is 2. The third-order valence-electron chi connectivity index (χ3n) is 1.72. The average Bonchev–Trinajstić information content (AvgIpc) is 2.30. The molecule has 3 amide bonds. The Bertz CT molecular complexity index is 264. The monoisotopic (exact) mass is 204 g/mol. The van der Waals surface area contributed by atoms with Gasteiger partial charge in [-0.1, -0.05) is 13.8 Å². The molecule has 0 spiro atoms. The first kappa shape index (κ1) is 10.2. The summed E-state index contributed by atoms with van der Waals surface area (Å²) in [6.45, 7) is 3.62. The fourth-order valence-electron chi connectivity index (χ4n) is 0.933. The third kappa shape index (κ3) is 2.51. The van der Waals surface area contributed by atoms with Crippen molar-refractivity contribution in [3.05, 3.63) is 0 Å². The zero-order chi connectivity index (χ0) is 10.0. The smallest absolute Gasteiger partial charge is 0.322 e. The van der Waals surface area contributed by atoms with E-state index >= 15 is 0 Å². The van der Waals surface area contributed by atoms with E-state index in [9.17, 15) is 13.8 Å². The van der Waals surface area contributed by atoms with Crippen LogP contribution in [0.25, 0.3) is 0 Å². The Morgan fingerprint density at radius 3 is 2.46 bits per heavy atom. The average molecular weight is 204 g/mol. The van der Waals surface area contributed by atoms with Crippen molar-refractivity contribution in [2.24, 2.45) is 0 Å². The van der Waals surface area contributed by atoms with E-state index in [0.29, 0.717) is 0 Å². The largest absolute Gasteiger partial charge is 0.325 e. The molecule has 1 aliphatic heterocycles. The van der Waals surface area contributed by atoms with Crippen LogP contribution in [0.3, 0.4) is 0 Å². The maximum atomic E-state index is 11.3. The highest BCUT2D eigenvalue weighted by Gasteiger charge is 2.31. The highest BCUT2D eigenvalue weighted by Crippen LogP contribution is 2.00. The molecular formula is C7H12N2O3S. The summed E-state index contributed by atoms with van der Waals surface area (Å²) in [5.74, 6) is -0.200. The Morgan fingerprint density at radius 2 is 2.08 bits per heavy atom. The van der Waals surface area contributed by atoms with Gasteiger partial charge in [0.25, 0.3) is 5.91 Å². The number of imide groups is 1. The van der Waals surface area contributed by atoms with Crippen LogP contribution in [0.2, 0.25) is 0 Å². The van der Waals surface area contributed by atoms with Crippen LogP contribution < -0.4 is 10.6 Å². The quantitative estimate of drug-likeness (QED) is 0.600. The second-order valence-electron chi connectivity index (χ2n) is 3.11. The molecule has 0 aliphatic carbocycles. The van der Waals surface area contributed by atoms with E-state index in [1.54, 1.807) is 0 Å². The fourth-order valence-corrected chi connectivity index (χ4v) is 1.88. The second-order valence-corrected chi connectivity index (χ2v) is 5.15. The molecule has 0 aromatic rings. The normalized spacial score (nSPS) is 24.4. The summed E-state index contributed by atoms with van der Waals surface area (Å²) < 4.78 is 11.3. The molecule has 0 saturated carbocycles. The van der Waals surface area contributed by atoms with Gasteiger partial charge in [0.05, 0.1) is 5.75 Å². The minimum Gasteiger partial charge on any atom is -0.325 e. The van der Waals surface area contributed by atoms with E-state index in [1.165, 1.54) is 0 Å². The number of carbonyl (C=O) groups excluding carboxylic acids is 2. The number of hydrogen-bond acceptors (Lipinski definition) is 3. The van der Waals surface area contributed by atoms with Crippen LogP contribution in [0, 0.1) is 0 Å². The van der Waals surface area contributed by atoms with Gasteiger partial charge >= 0.3 is 6.03 Å². The number of urea groups is 1. The van der Waals surface area contributed by atoms with Crippen LogP contribution in [-0.4, -0.2) is 33.2 Å². The van der Waals surface area contributed by atoms with Gasteiger partial charge in [0, 0.05) is 16.0 Å². The minimum atomic E-state index is -1.07. The Kier molecular flexibility index (Phi) is 3.02. The molecule has 0 aromatic carbocycles. The Hall–Kier alpha value is -0.910. The second kappa shape index (κ2) is 3.87. The number of hydrogen-bond donors (Lipinski definition) is 2. The lowest BCUT2D eigenvalue weighted by Gasteiger charge is -2.08. The van der Waals surface area contributed by atoms with Crippen molar-refractivity contribution in [3.63, 3.8) is 0 Å². The third-order valence-corrected chi connectivity index (χ3v) is 3.43. The van der Waals surface area contributed by atoms with Crippen molar-refractivity contribution < 1.29 is 13.8 Å². The van der Waals surface area contributed by atoms with E-state index in [4.69, 9.17) is 0 Å². The van der Waals surface area contributed by atoms with Gasteiger partial charge in [-0.3, -0.25) is 14.3 Å². The summed E-state index contributed by atoms with van der Waals surface area (Å²) in [6.07, 6.45) is 0. The number of rotatable bonds is 3. The van der Waals surface area contributed by atoms with Crippen LogP contribution >= 0.6 is 0 Å². The van der Waals surface area contributed by atoms with Gasteiger partial charge in [-0.05, 0) is 0 Å². The van der Waals surface area contributed by atoms with Gasteiger partial charge in [-0.25, -0.2) is 4.79 Å². The first-order chi connectivity index (χ1) is 6.00. The molecule has 13 heavy (non-hydrogen) atoms. The lowest BCUT2D eigenvalue weighted by atomic mass is 10.3. The predicted octanol–water partition coefficient (Wildman–Crippen LogP) is -0.649. The standard InChI is InChI=1S/C7H12N2O3S/c1-4(2)13(12)3-5-6(10)9-7(11)8-5/h4-5H,3H2,1-2H3,(H2,8,9,10,11)/t5-,13-/m1/s1. The first-order valence-electron chi connectivity index (χ1n) is 3.99. The van der Waals surface area contributed by atoms with E-state index in [-0.39, 0.29) is 16.9 Å². The summed E-state index contributed by atoms with van der Waals surface area (Å²) in [5.41, 5.74) is 0. The van der Waals surface area contributed by atoms with Crippen molar-refractivity contribution in [1.82, 2.24) is 10.6 Å². The summed E-state index contributed by atoms with van der Waals surface area (Å²) in [4.78, 5) is 21.7. The molecule has 1 rings (SSSR count). The van der Waals surface area contributed by atoms with Gasteiger partial charge in [0.1, 0.15) is 6.04 Å². The van der Waals surface area contributed by atoms with Crippen LogP contribution in [0.5, 0.6) is 0 Å². The first-order valence-corrected chi connectivity index (χ1v) is 5.37. The summed E-state index contributed by atoms with van der Waals surface area (Å²) in [5, 5.41) is 4.49. The van der Waals surface area contributed by atoms with Crippen molar-refractivity contribution in [1.29, 1.82) is 0 Å². The SMILES string of the molecule is CC(C)[S@](=O)C[C@H]1NC(=O)NC1=O. The Morgan fingerprint density at radius 1 is 1.46 bits per heavy atom. The molecule has 2 N–H and O–H groups in total. The van der Waals surface area contributed by atoms with Crippen LogP contribution in [0.15, 0.2) is 0 Å². The van der Waals surface area contributed by atoms with Gasteiger partial charge < -0.3 is 5.32 Å². The van der Waals surface area contributed by atoms with Crippen molar-refractivity contribution in [3.8, 4) is 0 Å². The van der Waals surface area contributed by atoms with E-state index < -0.39 is 22.9 Å². The van der Waals surface area contributed by atoms with Gasteiger partial charge in [0.15, 0.2) is 0 Å². The molecule has 0 unspecified atom stereocenters. The molecule has 1 heterocycles. The lowest BCUT2D eigenvalue weighted by molar-refractivity contribution is -0.119. The van der Waals surface area contributed by atoms with E-state index in [0.717, 1.165) is 0 Å². The molecule has 0 bridgehead atoms. The van der Waals surface area contributed by atoms with Gasteiger partial charge in [0.2, 0.25) is 0 Å². The minimum absolute atomic E-state index is 0.00491. The van der Waals surface area contributed by atoms with Crippen LogP contribution in [0.1, 0.15) is 13.8 Å². The summed E-state index contributed by atoms with van der Waals surface area (Å²) in [7, 11) is -1.07. The molecule has 1 saturated heterocycles. The lowest BCUT2D eigenvalue weighted by Crippen LogP contribution is -2.36. The molecule has 6 heteroatoms. The Labute approximate surface area is 78.7 Å². The summed E-state index contributed by atoms with van der Waals surface area (Å²) in [6, 6.07) is -1.13. The number of amides is 3. The van der Waals surface area contributed by atoms with E-state index in [1.807, 2.05) is 13.8 Å². The molecule has 0 aromatic heterocycles. The fraction of sp³-hybridized carbons (Fsp3) is 0.714.